The molecule has 0 aromatic carbocycles. The molecule has 0 amide bonds. The van der Waals surface area contributed by atoms with Crippen LogP contribution < -0.4 is 0 Å². The van der Waals surface area contributed by atoms with E-state index in [-0.39, 0.29) is 6.61 Å². The van der Waals surface area contributed by atoms with Crippen LogP contribution >= 0.6 is 0 Å². The van der Waals surface area contributed by atoms with Gasteiger partial charge in [-0.3, -0.25) is 9.59 Å². The highest BCUT2D eigenvalue weighted by atomic mass is 16.7. The molecule has 1 N–H and O–H groups in total. The maximum atomic E-state index is 10.7. The zero-order valence-electron chi connectivity index (χ0n) is 7.48. The van der Waals surface area contributed by atoms with Gasteiger partial charge in [-0.25, -0.2) is 0 Å². The highest BCUT2D eigenvalue weighted by molar-refractivity contribution is 5.90. The number of ether oxygens (including phenoxy) is 3. The number of hydrogen-bond acceptors (Lipinski definition) is 5. The van der Waals surface area contributed by atoms with Crippen LogP contribution in [-0.4, -0.2) is 44.2 Å². The average molecular weight is 192 g/mol. The van der Waals surface area contributed by atoms with Gasteiger partial charge >= 0.3 is 11.9 Å². The van der Waals surface area contributed by atoms with Crippen molar-refractivity contribution in [1.82, 2.24) is 0 Å². The summed E-state index contributed by atoms with van der Waals surface area (Å²) in [4.78, 5) is 20.7. The number of carbonyl (C=O) groups excluding carboxylic acids is 1. The standard InChI is InChI=1S/C7H12O6/c1-11-7(12-2)4-13-6(10)3-5(8)9/h7H,3-4H2,1-2H3,(H,8,9). The SMILES string of the molecule is COC(COC(=O)CC(=O)O)OC. The normalized spacial score (nSPS) is 10.1. The van der Waals surface area contributed by atoms with Crippen molar-refractivity contribution >= 4 is 11.9 Å². The molecule has 0 rings (SSSR count). The smallest absolute Gasteiger partial charge is 0.317 e. The van der Waals surface area contributed by atoms with E-state index in [9.17, 15) is 9.59 Å². The van der Waals surface area contributed by atoms with Crippen molar-refractivity contribution in [2.45, 2.75) is 12.7 Å². The maximum Gasteiger partial charge on any atom is 0.317 e. The van der Waals surface area contributed by atoms with Gasteiger partial charge in [-0.1, -0.05) is 0 Å². The molecular formula is C7H12O6. The van der Waals surface area contributed by atoms with Crippen LogP contribution in [0.5, 0.6) is 0 Å². The zero-order chi connectivity index (χ0) is 10.3. The molecule has 0 bridgehead atoms. The Morgan fingerprint density at radius 1 is 1.31 bits per heavy atom. The Kier molecular flexibility index (Phi) is 5.82. The summed E-state index contributed by atoms with van der Waals surface area (Å²) in [6.45, 7) is -0.112. The van der Waals surface area contributed by atoms with Crippen molar-refractivity contribution in [3.8, 4) is 0 Å². The fraction of sp³-hybridized carbons (Fsp3) is 0.714. The van der Waals surface area contributed by atoms with E-state index in [1.165, 1.54) is 14.2 Å². The Bertz CT molecular complexity index is 174. The molecule has 0 atom stereocenters. The molecule has 0 saturated carbocycles. The summed E-state index contributed by atoms with van der Waals surface area (Å²) in [6.07, 6.45) is -1.31. The first-order valence-corrected chi connectivity index (χ1v) is 3.53. The fourth-order valence-electron chi connectivity index (χ4n) is 0.568. The Balaban J connectivity index is 3.62. The van der Waals surface area contributed by atoms with E-state index in [1.807, 2.05) is 0 Å². The van der Waals surface area contributed by atoms with Crippen LogP contribution in [0.4, 0.5) is 0 Å². The molecule has 6 nitrogen and oxygen atoms in total. The maximum absolute atomic E-state index is 10.7. The van der Waals surface area contributed by atoms with E-state index in [0.29, 0.717) is 0 Å². The first kappa shape index (κ1) is 11.9. The predicted octanol–water partition coefficient (Wildman–Crippen LogP) is -0.377. The minimum absolute atomic E-state index is 0.112. The highest BCUT2D eigenvalue weighted by Gasteiger charge is 2.12. The third kappa shape index (κ3) is 6.06. The molecule has 0 aliphatic rings. The van der Waals surface area contributed by atoms with Gasteiger partial charge in [0.15, 0.2) is 6.29 Å². The topological polar surface area (TPSA) is 82.1 Å². The summed E-state index contributed by atoms with van der Waals surface area (Å²) in [6, 6.07) is 0. The summed E-state index contributed by atoms with van der Waals surface area (Å²) in [5, 5.41) is 8.20. The predicted molar refractivity (Wildman–Crippen MR) is 41.0 cm³/mol. The van der Waals surface area contributed by atoms with E-state index in [2.05, 4.69) is 4.74 Å². The third-order valence-corrected chi connectivity index (χ3v) is 1.20. The Morgan fingerprint density at radius 3 is 2.23 bits per heavy atom. The molecular weight excluding hydrogens is 180 g/mol. The number of esters is 1. The lowest BCUT2D eigenvalue weighted by Gasteiger charge is -2.12. The third-order valence-electron chi connectivity index (χ3n) is 1.20. The van der Waals surface area contributed by atoms with Gasteiger partial charge in [-0.2, -0.15) is 0 Å². The lowest BCUT2D eigenvalue weighted by Crippen LogP contribution is -2.23. The quantitative estimate of drug-likeness (QED) is 0.351. The lowest BCUT2D eigenvalue weighted by molar-refractivity contribution is -0.169. The van der Waals surface area contributed by atoms with Gasteiger partial charge in [0.1, 0.15) is 13.0 Å². The molecule has 0 aliphatic heterocycles. The van der Waals surface area contributed by atoms with Crippen molar-refractivity contribution in [1.29, 1.82) is 0 Å². The summed E-state index contributed by atoms with van der Waals surface area (Å²) in [5.74, 6) is -2.04. The molecule has 0 spiro atoms. The van der Waals surface area contributed by atoms with Crippen LogP contribution in [0.15, 0.2) is 0 Å². The van der Waals surface area contributed by atoms with Crippen molar-refractivity contribution in [2.75, 3.05) is 20.8 Å². The summed E-state index contributed by atoms with van der Waals surface area (Å²) < 4.78 is 13.9. The number of rotatable bonds is 6. The second kappa shape index (κ2) is 6.38. The Morgan fingerprint density at radius 2 is 1.85 bits per heavy atom. The molecule has 13 heavy (non-hydrogen) atoms. The molecule has 0 fully saturated rings. The summed E-state index contributed by atoms with van der Waals surface area (Å²) >= 11 is 0. The first-order chi connectivity index (χ1) is 6.10. The van der Waals surface area contributed by atoms with Crippen LogP contribution in [0.3, 0.4) is 0 Å². The second-order valence-corrected chi connectivity index (χ2v) is 2.15. The van der Waals surface area contributed by atoms with E-state index >= 15 is 0 Å². The summed E-state index contributed by atoms with van der Waals surface area (Å²) in [5.41, 5.74) is 0. The lowest BCUT2D eigenvalue weighted by atomic mass is 10.4. The highest BCUT2D eigenvalue weighted by Crippen LogP contribution is 1.94. The molecule has 0 aliphatic carbocycles. The minimum Gasteiger partial charge on any atom is -0.481 e. The van der Waals surface area contributed by atoms with Crippen molar-refractivity contribution in [3.05, 3.63) is 0 Å². The monoisotopic (exact) mass is 192 g/mol. The van der Waals surface area contributed by atoms with E-state index in [1.54, 1.807) is 0 Å². The van der Waals surface area contributed by atoms with Crippen LogP contribution in [0.25, 0.3) is 0 Å². The zero-order valence-corrected chi connectivity index (χ0v) is 7.48. The van der Waals surface area contributed by atoms with Gasteiger partial charge in [0.25, 0.3) is 0 Å². The number of carboxylic acids is 1. The molecule has 0 saturated heterocycles. The van der Waals surface area contributed by atoms with Crippen LogP contribution in [0.2, 0.25) is 0 Å². The van der Waals surface area contributed by atoms with Gasteiger partial charge in [0.2, 0.25) is 0 Å². The molecule has 0 aromatic heterocycles. The van der Waals surface area contributed by atoms with Crippen LogP contribution in [-0.2, 0) is 23.8 Å². The molecule has 0 aromatic rings. The van der Waals surface area contributed by atoms with Crippen LogP contribution in [0.1, 0.15) is 6.42 Å². The fourth-order valence-corrected chi connectivity index (χ4v) is 0.568. The Labute approximate surface area is 75.4 Å². The van der Waals surface area contributed by atoms with Gasteiger partial charge in [0, 0.05) is 14.2 Å². The van der Waals surface area contributed by atoms with Crippen molar-refractivity contribution in [3.63, 3.8) is 0 Å². The minimum atomic E-state index is -1.23. The van der Waals surface area contributed by atoms with Gasteiger partial charge in [-0.15, -0.1) is 0 Å². The number of methoxy groups -OCH3 is 2. The molecule has 6 heteroatoms. The number of carboxylic acid groups (broad SMARTS) is 1. The van der Waals surface area contributed by atoms with Crippen LogP contribution in [0, 0.1) is 0 Å². The molecule has 76 valence electrons. The number of hydrogen-bond donors (Lipinski definition) is 1. The molecule has 0 radical (unpaired) electrons. The largest absolute Gasteiger partial charge is 0.481 e. The number of carbonyl (C=O) groups is 2. The van der Waals surface area contributed by atoms with Gasteiger partial charge in [0.05, 0.1) is 0 Å². The number of aliphatic carboxylic acids is 1. The average Bonchev–Trinajstić information content (AvgIpc) is 2.05. The molecule has 0 unspecified atom stereocenters. The summed E-state index contributed by atoms with van der Waals surface area (Å²) in [7, 11) is 2.78. The van der Waals surface area contributed by atoms with E-state index < -0.39 is 24.6 Å². The first-order valence-electron chi connectivity index (χ1n) is 3.53. The van der Waals surface area contributed by atoms with Gasteiger partial charge < -0.3 is 19.3 Å². The van der Waals surface area contributed by atoms with Gasteiger partial charge in [-0.05, 0) is 0 Å². The molecule has 0 heterocycles. The van der Waals surface area contributed by atoms with E-state index in [4.69, 9.17) is 14.6 Å². The van der Waals surface area contributed by atoms with Crippen molar-refractivity contribution in [2.24, 2.45) is 0 Å². The van der Waals surface area contributed by atoms with Crippen molar-refractivity contribution < 1.29 is 28.9 Å². The Hall–Kier alpha value is -1.14. The second-order valence-electron chi connectivity index (χ2n) is 2.15. The van der Waals surface area contributed by atoms with E-state index in [0.717, 1.165) is 0 Å².